The van der Waals surface area contributed by atoms with Gasteiger partial charge >= 0.3 is 11.9 Å². The molecule has 1 unspecified atom stereocenters. The van der Waals surface area contributed by atoms with Crippen molar-refractivity contribution in [2.45, 2.75) is 187 Å². The van der Waals surface area contributed by atoms with E-state index in [2.05, 4.69) is 50.3 Å². The zero-order valence-electron chi connectivity index (χ0n) is 27.1. The van der Waals surface area contributed by atoms with Gasteiger partial charge in [0.1, 0.15) is 6.10 Å². The summed E-state index contributed by atoms with van der Waals surface area (Å²) >= 11 is 0. The van der Waals surface area contributed by atoms with E-state index in [1.54, 1.807) is 0 Å². The van der Waals surface area contributed by atoms with Gasteiger partial charge in [-0.25, -0.2) is 0 Å². The molecule has 0 saturated carbocycles. The standard InChI is InChI=1S/C37H66O4/c1-3-5-7-9-11-13-14-15-16-17-18-19-20-21-22-24-26-28-30-32-37(40)41-35(33-34-36(38)39)31-29-27-25-23-12-10-8-6-4-2/h5,7,11,13,15-16,35H,3-4,6,8-10,12,14,17-34H2,1-2H3,(H,38,39)/b7-5-,13-11-,16-15-. The Hall–Kier alpha value is -1.84. The third kappa shape index (κ3) is 32.5. The highest BCUT2D eigenvalue weighted by Gasteiger charge is 2.15. The maximum absolute atomic E-state index is 12.4. The van der Waals surface area contributed by atoms with Crippen LogP contribution in [0.5, 0.6) is 0 Å². The Labute approximate surface area is 254 Å². The summed E-state index contributed by atoms with van der Waals surface area (Å²) in [6, 6.07) is 0. The number of esters is 1. The van der Waals surface area contributed by atoms with Crippen molar-refractivity contribution in [2.24, 2.45) is 0 Å². The molecule has 0 bridgehead atoms. The van der Waals surface area contributed by atoms with Crippen molar-refractivity contribution in [1.29, 1.82) is 0 Å². The van der Waals surface area contributed by atoms with Crippen LogP contribution in [-0.4, -0.2) is 23.1 Å². The van der Waals surface area contributed by atoms with Gasteiger partial charge in [-0.1, -0.05) is 147 Å². The molecule has 0 aromatic heterocycles. The molecule has 0 fully saturated rings. The normalized spacial score (nSPS) is 12.6. The lowest BCUT2D eigenvalue weighted by Crippen LogP contribution is -2.19. The van der Waals surface area contributed by atoms with E-state index in [0.717, 1.165) is 51.4 Å². The predicted octanol–water partition coefficient (Wildman–Crippen LogP) is 11.8. The van der Waals surface area contributed by atoms with Crippen LogP contribution in [0.3, 0.4) is 0 Å². The van der Waals surface area contributed by atoms with Crippen LogP contribution in [0.25, 0.3) is 0 Å². The van der Waals surface area contributed by atoms with Crippen LogP contribution in [0.4, 0.5) is 0 Å². The lowest BCUT2D eigenvalue weighted by atomic mass is 10.0. The van der Waals surface area contributed by atoms with Crippen molar-refractivity contribution in [3.05, 3.63) is 36.5 Å². The number of hydrogen-bond acceptors (Lipinski definition) is 3. The molecule has 0 aliphatic heterocycles. The second kappa shape index (κ2) is 32.7. The Bertz CT molecular complexity index is 664. The van der Waals surface area contributed by atoms with Crippen LogP contribution < -0.4 is 0 Å². The van der Waals surface area contributed by atoms with Gasteiger partial charge in [0.25, 0.3) is 0 Å². The van der Waals surface area contributed by atoms with Crippen LogP contribution in [0.1, 0.15) is 181 Å². The third-order valence-corrected chi connectivity index (χ3v) is 7.64. The third-order valence-electron chi connectivity index (χ3n) is 7.64. The molecule has 41 heavy (non-hydrogen) atoms. The van der Waals surface area contributed by atoms with Crippen LogP contribution >= 0.6 is 0 Å². The van der Waals surface area contributed by atoms with Gasteiger partial charge in [0.05, 0.1) is 0 Å². The smallest absolute Gasteiger partial charge is 0.306 e. The van der Waals surface area contributed by atoms with Crippen molar-refractivity contribution in [3.8, 4) is 0 Å². The van der Waals surface area contributed by atoms with Gasteiger partial charge in [0.15, 0.2) is 0 Å². The number of hydrogen-bond donors (Lipinski definition) is 1. The molecule has 0 radical (unpaired) electrons. The summed E-state index contributed by atoms with van der Waals surface area (Å²) in [5.74, 6) is -0.963. The first-order chi connectivity index (χ1) is 20.1. The molecule has 0 heterocycles. The van der Waals surface area contributed by atoms with E-state index < -0.39 is 5.97 Å². The molecule has 1 N–H and O–H groups in total. The van der Waals surface area contributed by atoms with E-state index in [0.29, 0.717) is 12.8 Å². The zero-order valence-corrected chi connectivity index (χ0v) is 27.1. The first-order valence-corrected chi connectivity index (χ1v) is 17.5. The highest BCUT2D eigenvalue weighted by atomic mass is 16.5. The molecule has 0 aliphatic carbocycles. The SMILES string of the molecule is CC/C=C\C/C=C\C/C=C\CCCCCCCCCCCC(=O)OC(CCCCCCCCCCC)CCC(=O)O. The number of aliphatic carboxylic acids is 1. The Balaban J connectivity index is 3.71. The molecule has 0 aliphatic rings. The molecule has 0 rings (SSSR count). The molecule has 238 valence electrons. The van der Waals surface area contributed by atoms with Crippen molar-refractivity contribution in [2.75, 3.05) is 0 Å². The molecule has 4 heteroatoms. The van der Waals surface area contributed by atoms with Crippen LogP contribution in [0.15, 0.2) is 36.5 Å². The maximum atomic E-state index is 12.4. The fourth-order valence-electron chi connectivity index (χ4n) is 5.07. The number of ether oxygens (including phenoxy) is 1. The lowest BCUT2D eigenvalue weighted by Gasteiger charge is -2.17. The van der Waals surface area contributed by atoms with E-state index in [9.17, 15) is 9.59 Å². The highest BCUT2D eigenvalue weighted by molar-refractivity contribution is 5.69. The van der Waals surface area contributed by atoms with E-state index in [4.69, 9.17) is 9.84 Å². The van der Waals surface area contributed by atoms with Crippen LogP contribution in [0.2, 0.25) is 0 Å². The minimum absolute atomic E-state index is 0.0705. The van der Waals surface area contributed by atoms with Gasteiger partial charge in [-0.2, -0.15) is 0 Å². The summed E-state index contributed by atoms with van der Waals surface area (Å²) in [7, 11) is 0. The summed E-state index contributed by atoms with van der Waals surface area (Å²) in [6.07, 6.45) is 41.6. The van der Waals surface area contributed by atoms with Gasteiger partial charge in [0, 0.05) is 12.8 Å². The van der Waals surface area contributed by atoms with E-state index in [-0.39, 0.29) is 18.5 Å². The second-order valence-corrected chi connectivity index (χ2v) is 11.7. The van der Waals surface area contributed by atoms with Gasteiger partial charge in [0.2, 0.25) is 0 Å². The minimum Gasteiger partial charge on any atom is -0.481 e. The van der Waals surface area contributed by atoms with Crippen molar-refractivity contribution >= 4 is 11.9 Å². The highest BCUT2D eigenvalue weighted by Crippen LogP contribution is 2.17. The van der Waals surface area contributed by atoms with Crippen molar-refractivity contribution < 1.29 is 19.4 Å². The molecule has 0 aromatic carbocycles. The molecule has 0 aromatic rings. The quantitative estimate of drug-likeness (QED) is 0.0508. The zero-order chi connectivity index (χ0) is 30.1. The van der Waals surface area contributed by atoms with E-state index in [1.807, 2.05) is 0 Å². The molecule has 0 amide bonds. The van der Waals surface area contributed by atoms with Gasteiger partial charge in [-0.3, -0.25) is 9.59 Å². The molecular weight excluding hydrogens is 508 g/mol. The molecule has 0 spiro atoms. The summed E-state index contributed by atoms with van der Waals surface area (Å²) in [4.78, 5) is 23.4. The number of carbonyl (C=O) groups excluding carboxylic acids is 1. The number of rotatable bonds is 31. The largest absolute Gasteiger partial charge is 0.481 e. The first kappa shape index (κ1) is 39.2. The molecule has 4 nitrogen and oxygen atoms in total. The van der Waals surface area contributed by atoms with E-state index >= 15 is 0 Å². The van der Waals surface area contributed by atoms with Crippen molar-refractivity contribution in [3.63, 3.8) is 0 Å². The Morgan fingerprint density at radius 2 is 1.05 bits per heavy atom. The topological polar surface area (TPSA) is 63.6 Å². The monoisotopic (exact) mass is 574 g/mol. The first-order valence-electron chi connectivity index (χ1n) is 17.5. The fraction of sp³-hybridized carbons (Fsp3) is 0.784. The minimum atomic E-state index is -0.815. The summed E-state index contributed by atoms with van der Waals surface area (Å²) in [5, 5.41) is 9.06. The fourth-order valence-corrected chi connectivity index (χ4v) is 5.07. The number of allylic oxidation sites excluding steroid dienone is 6. The second-order valence-electron chi connectivity index (χ2n) is 11.7. The average Bonchev–Trinajstić information content (AvgIpc) is 2.96. The van der Waals surface area contributed by atoms with Gasteiger partial charge in [-0.15, -0.1) is 0 Å². The van der Waals surface area contributed by atoms with Crippen molar-refractivity contribution in [1.82, 2.24) is 0 Å². The van der Waals surface area contributed by atoms with Gasteiger partial charge in [-0.05, 0) is 57.8 Å². The average molecular weight is 575 g/mol. The number of carboxylic acid groups (broad SMARTS) is 1. The van der Waals surface area contributed by atoms with Crippen LogP contribution in [-0.2, 0) is 14.3 Å². The maximum Gasteiger partial charge on any atom is 0.306 e. The Morgan fingerprint density at radius 3 is 1.61 bits per heavy atom. The van der Waals surface area contributed by atoms with Gasteiger partial charge < -0.3 is 9.84 Å². The van der Waals surface area contributed by atoms with Crippen LogP contribution in [0, 0.1) is 0 Å². The number of carbonyl (C=O) groups is 2. The molecule has 1 atom stereocenters. The summed E-state index contributed by atoms with van der Waals surface area (Å²) < 4.78 is 5.70. The number of carboxylic acids is 1. The predicted molar refractivity (Wildman–Crippen MR) is 176 cm³/mol. The van der Waals surface area contributed by atoms with E-state index in [1.165, 1.54) is 96.3 Å². The lowest BCUT2D eigenvalue weighted by molar-refractivity contribution is -0.151. The Kier molecular flexibility index (Phi) is 31.2. The summed E-state index contributed by atoms with van der Waals surface area (Å²) in [5.41, 5.74) is 0. The number of unbranched alkanes of at least 4 members (excludes halogenated alkanes) is 17. The molecule has 0 saturated heterocycles. The molecular formula is C37H66O4. The summed E-state index contributed by atoms with van der Waals surface area (Å²) in [6.45, 7) is 4.41. The Morgan fingerprint density at radius 1 is 0.561 bits per heavy atom.